The lowest BCUT2D eigenvalue weighted by Crippen LogP contribution is -2.01. The molecule has 0 spiro atoms. The Kier molecular flexibility index (Phi) is 2.47. The molecule has 0 saturated carbocycles. The highest BCUT2D eigenvalue weighted by atomic mass is 19.1. The quantitative estimate of drug-likeness (QED) is 0.729. The molecule has 66 valence electrons. The lowest BCUT2D eigenvalue weighted by molar-refractivity contribution is 0.411. The molecule has 0 fully saturated rings. The number of pyridine rings is 1. The Morgan fingerprint density at radius 3 is 2.83 bits per heavy atom. The fourth-order valence-corrected chi connectivity index (χ4v) is 0.936. The lowest BCUT2D eigenvalue weighted by Gasteiger charge is -2.06. The van der Waals surface area contributed by atoms with Gasteiger partial charge in [-0.2, -0.15) is 0 Å². The van der Waals surface area contributed by atoms with Crippen molar-refractivity contribution in [2.45, 2.75) is 13.3 Å². The Bertz CT molecular complexity index is 260. The summed E-state index contributed by atoms with van der Waals surface area (Å²) in [4.78, 5) is 3.85. The van der Waals surface area contributed by atoms with Gasteiger partial charge in [0.1, 0.15) is 5.69 Å². The van der Waals surface area contributed by atoms with Crippen LogP contribution in [0.25, 0.3) is 0 Å². The van der Waals surface area contributed by atoms with Gasteiger partial charge in [0.2, 0.25) is 0 Å². The molecular formula is C8H11FN2O. The fraction of sp³-hybridized carbons (Fsp3) is 0.375. The van der Waals surface area contributed by atoms with E-state index in [-0.39, 0.29) is 11.4 Å². The number of hydrogen-bond acceptors (Lipinski definition) is 3. The highest BCUT2D eigenvalue weighted by molar-refractivity contribution is 5.53. The van der Waals surface area contributed by atoms with E-state index in [0.29, 0.717) is 12.1 Å². The van der Waals surface area contributed by atoms with Gasteiger partial charge >= 0.3 is 0 Å². The third-order valence-corrected chi connectivity index (χ3v) is 1.65. The van der Waals surface area contributed by atoms with Crippen LogP contribution in [0.15, 0.2) is 6.20 Å². The summed E-state index contributed by atoms with van der Waals surface area (Å²) in [5, 5.41) is 0. The van der Waals surface area contributed by atoms with Gasteiger partial charge in [0.15, 0.2) is 11.6 Å². The third kappa shape index (κ3) is 1.32. The van der Waals surface area contributed by atoms with E-state index in [1.165, 1.54) is 13.3 Å². The number of nitrogens with zero attached hydrogens (tertiary/aromatic N) is 1. The molecule has 0 bridgehead atoms. The van der Waals surface area contributed by atoms with Crippen molar-refractivity contribution in [3.8, 4) is 5.75 Å². The van der Waals surface area contributed by atoms with Gasteiger partial charge in [0.05, 0.1) is 19.0 Å². The number of ether oxygens (including phenoxy) is 1. The SMILES string of the molecule is CCc1ncc(OC)c(N)c1F. The number of methoxy groups -OCH3 is 1. The number of anilines is 1. The lowest BCUT2D eigenvalue weighted by atomic mass is 10.2. The molecule has 0 atom stereocenters. The largest absolute Gasteiger partial charge is 0.493 e. The van der Waals surface area contributed by atoms with E-state index in [0.717, 1.165) is 0 Å². The number of nitrogen functional groups attached to an aromatic ring is 1. The van der Waals surface area contributed by atoms with Gasteiger partial charge < -0.3 is 10.5 Å². The smallest absolute Gasteiger partial charge is 0.171 e. The Hall–Kier alpha value is -1.32. The Morgan fingerprint density at radius 1 is 1.67 bits per heavy atom. The molecule has 1 rings (SSSR count). The first-order chi connectivity index (χ1) is 5.70. The van der Waals surface area contributed by atoms with Crippen LogP contribution >= 0.6 is 0 Å². The second-order valence-corrected chi connectivity index (χ2v) is 2.35. The van der Waals surface area contributed by atoms with E-state index in [4.69, 9.17) is 10.5 Å². The van der Waals surface area contributed by atoms with E-state index < -0.39 is 5.82 Å². The monoisotopic (exact) mass is 170 g/mol. The average molecular weight is 170 g/mol. The first-order valence-electron chi connectivity index (χ1n) is 3.67. The van der Waals surface area contributed by atoms with Crippen LogP contribution in [0.1, 0.15) is 12.6 Å². The standard InChI is InChI=1S/C8H11FN2O/c1-3-5-7(9)8(10)6(12-2)4-11-5/h4H,3H2,1-2H3,(H2,10,11). The highest BCUT2D eigenvalue weighted by Gasteiger charge is 2.10. The average Bonchev–Trinajstić information content (AvgIpc) is 2.10. The first-order valence-corrected chi connectivity index (χ1v) is 3.67. The van der Waals surface area contributed by atoms with Gasteiger partial charge in [-0.05, 0) is 6.42 Å². The highest BCUT2D eigenvalue weighted by Crippen LogP contribution is 2.24. The molecule has 0 saturated heterocycles. The van der Waals surface area contributed by atoms with Crippen LogP contribution in [0.5, 0.6) is 5.75 Å². The molecule has 0 radical (unpaired) electrons. The molecule has 1 aromatic rings. The zero-order chi connectivity index (χ0) is 9.14. The van der Waals surface area contributed by atoms with Crippen molar-refractivity contribution >= 4 is 5.69 Å². The minimum Gasteiger partial charge on any atom is -0.493 e. The fourth-order valence-electron chi connectivity index (χ4n) is 0.936. The van der Waals surface area contributed by atoms with Gasteiger partial charge in [-0.1, -0.05) is 6.92 Å². The van der Waals surface area contributed by atoms with Crippen LogP contribution in [-0.4, -0.2) is 12.1 Å². The molecule has 12 heavy (non-hydrogen) atoms. The number of hydrogen-bond donors (Lipinski definition) is 1. The predicted molar refractivity (Wildman–Crippen MR) is 44.5 cm³/mol. The van der Waals surface area contributed by atoms with Crippen molar-refractivity contribution in [3.63, 3.8) is 0 Å². The molecule has 0 aliphatic heterocycles. The summed E-state index contributed by atoms with van der Waals surface area (Å²) in [5.41, 5.74) is 5.83. The van der Waals surface area contributed by atoms with Crippen LogP contribution in [0.4, 0.5) is 10.1 Å². The van der Waals surface area contributed by atoms with Gasteiger partial charge in [0, 0.05) is 0 Å². The van der Waals surface area contributed by atoms with Crippen molar-refractivity contribution in [2.75, 3.05) is 12.8 Å². The summed E-state index contributed by atoms with van der Waals surface area (Å²) < 4.78 is 18.0. The van der Waals surface area contributed by atoms with Crippen LogP contribution < -0.4 is 10.5 Å². The molecule has 0 amide bonds. The van der Waals surface area contributed by atoms with Gasteiger partial charge in [-0.3, -0.25) is 4.98 Å². The molecule has 1 heterocycles. The Morgan fingerprint density at radius 2 is 2.33 bits per heavy atom. The van der Waals surface area contributed by atoms with Crippen molar-refractivity contribution in [1.82, 2.24) is 4.98 Å². The molecule has 1 aromatic heterocycles. The van der Waals surface area contributed by atoms with Gasteiger partial charge in [-0.25, -0.2) is 4.39 Å². The molecule has 0 aliphatic rings. The summed E-state index contributed by atoms with van der Waals surface area (Å²) in [6.45, 7) is 1.82. The van der Waals surface area contributed by atoms with Crippen LogP contribution in [0, 0.1) is 5.82 Å². The van der Waals surface area contributed by atoms with Crippen LogP contribution in [0.2, 0.25) is 0 Å². The number of halogens is 1. The maximum Gasteiger partial charge on any atom is 0.171 e. The van der Waals surface area contributed by atoms with Crippen LogP contribution in [0.3, 0.4) is 0 Å². The number of rotatable bonds is 2. The zero-order valence-corrected chi connectivity index (χ0v) is 7.10. The zero-order valence-electron chi connectivity index (χ0n) is 7.10. The maximum absolute atomic E-state index is 13.2. The molecule has 0 aliphatic carbocycles. The number of nitrogens with two attached hydrogens (primary N) is 1. The maximum atomic E-state index is 13.2. The summed E-state index contributed by atoms with van der Waals surface area (Å²) in [5.74, 6) is -0.193. The summed E-state index contributed by atoms with van der Waals surface area (Å²) in [6.07, 6.45) is 1.96. The van der Waals surface area contributed by atoms with E-state index in [9.17, 15) is 4.39 Å². The number of aryl methyl sites for hydroxylation is 1. The van der Waals surface area contributed by atoms with Crippen molar-refractivity contribution < 1.29 is 9.13 Å². The minimum atomic E-state index is -0.475. The minimum absolute atomic E-state index is 0.0318. The Balaban J connectivity index is 3.20. The molecular weight excluding hydrogens is 159 g/mol. The first kappa shape index (κ1) is 8.77. The van der Waals surface area contributed by atoms with Gasteiger partial charge in [-0.15, -0.1) is 0 Å². The topological polar surface area (TPSA) is 48.1 Å². The third-order valence-electron chi connectivity index (χ3n) is 1.65. The second-order valence-electron chi connectivity index (χ2n) is 2.35. The summed E-state index contributed by atoms with van der Waals surface area (Å²) in [6, 6.07) is 0. The normalized spacial score (nSPS) is 9.92. The van der Waals surface area contributed by atoms with Crippen molar-refractivity contribution in [2.24, 2.45) is 0 Å². The van der Waals surface area contributed by atoms with E-state index in [1.54, 1.807) is 0 Å². The Labute approximate surface area is 70.4 Å². The van der Waals surface area contributed by atoms with Gasteiger partial charge in [0.25, 0.3) is 0 Å². The molecule has 0 unspecified atom stereocenters. The molecule has 3 nitrogen and oxygen atoms in total. The molecule has 2 N–H and O–H groups in total. The van der Waals surface area contributed by atoms with E-state index in [1.807, 2.05) is 6.92 Å². The predicted octanol–water partition coefficient (Wildman–Crippen LogP) is 1.37. The van der Waals surface area contributed by atoms with Crippen LogP contribution in [-0.2, 0) is 6.42 Å². The van der Waals surface area contributed by atoms with Crippen molar-refractivity contribution in [1.29, 1.82) is 0 Å². The summed E-state index contributed by atoms with van der Waals surface area (Å²) >= 11 is 0. The number of aromatic nitrogens is 1. The van der Waals surface area contributed by atoms with Crippen molar-refractivity contribution in [3.05, 3.63) is 17.7 Å². The second kappa shape index (κ2) is 3.38. The van der Waals surface area contributed by atoms with E-state index in [2.05, 4.69) is 4.98 Å². The molecule has 0 aromatic carbocycles. The molecule has 4 heteroatoms. The summed E-state index contributed by atoms with van der Waals surface area (Å²) in [7, 11) is 1.43. The van der Waals surface area contributed by atoms with E-state index >= 15 is 0 Å².